The fourth-order valence-corrected chi connectivity index (χ4v) is 4.35. The number of rotatable bonds is 6. The van der Waals surface area contributed by atoms with Gasteiger partial charge in [-0.1, -0.05) is 6.07 Å². The van der Waals surface area contributed by atoms with Crippen LogP contribution in [-0.4, -0.2) is 34.7 Å². The van der Waals surface area contributed by atoms with Crippen molar-refractivity contribution >= 4 is 43.9 Å². The Morgan fingerprint density at radius 3 is 2.72 bits per heavy atom. The standard InChI is InChI=1S/C19H16N4O4S2/c1-26-13-4-3-11(7-14(13)27-2)12-9-29-17-16(12)18(25)23(10-21-17)8-15(24)22-19-20-5-6-28-19/h3-7,9-10H,8H2,1-2H3,(H,20,22,24). The zero-order chi connectivity index (χ0) is 20.4. The topological polar surface area (TPSA) is 95.3 Å². The molecule has 3 heterocycles. The molecule has 0 aliphatic carbocycles. The molecule has 0 fully saturated rings. The van der Waals surface area contributed by atoms with E-state index in [0.717, 1.165) is 11.1 Å². The van der Waals surface area contributed by atoms with Crippen LogP contribution < -0.4 is 20.3 Å². The fourth-order valence-electron chi connectivity index (χ4n) is 2.90. The first-order valence-corrected chi connectivity index (χ1v) is 10.2. The van der Waals surface area contributed by atoms with Crippen LogP contribution in [0.15, 0.2) is 46.3 Å². The van der Waals surface area contributed by atoms with Gasteiger partial charge in [0.1, 0.15) is 11.4 Å². The molecule has 0 bridgehead atoms. The molecule has 1 N–H and O–H groups in total. The molecular weight excluding hydrogens is 412 g/mol. The van der Waals surface area contributed by atoms with Crippen LogP contribution in [0.2, 0.25) is 0 Å². The first-order valence-electron chi connectivity index (χ1n) is 8.49. The number of methoxy groups -OCH3 is 2. The monoisotopic (exact) mass is 428 g/mol. The van der Waals surface area contributed by atoms with Gasteiger partial charge >= 0.3 is 0 Å². The Kier molecular flexibility index (Phi) is 5.28. The van der Waals surface area contributed by atoms with E-state index in [1.165, 1.54) is 33.6 Å². The maximum atomic E-state index is 13.1. The second kappa shape index (κ2) is 8.02. The third-order valence-corrected chi connectivity index (χ3v) is 5.82. The second-order valence-electron chi connectivity index (χ2n) is 5.96. The van der Waals surface area contributed by atoms with Crippen LogP contribution in [0, 0.1) is 0 Å². The zero-order valence-electron chi connectivity index (χ0n) is 15.5. The van der Waals surface area contributed by atoms with Crippen molar-refractivity contribution in [3.8, 4) is 22.6 Å². The molecule has 1 aromatic carbocycles. The van der Waals surface area contributed by atoms with E-state index < -0.39 is 0 Å². The molecule has 4 aromatic rings. The van der Waals surface area contributed by atoms with Gasteiger partial charge < -0.3 is 14.8 Å². The summed E-state index contributed by atoms with van der Waals surface area (Å²) in [7, 11) is 3.12. The smallest absolute Gasteiger partial charge is 0.263 e. The number of ether oxygens (including phenoxy) is 2. The van der Waals surface area contributed by atoms with Gasteiger partial charge in [-0.3, -0.25) is 14.2 Å². The van der Waals surface area contributed by atoms with Crippen molar-refractivity contribution in [2.45, 2.75) is 6.54 Å². The number of carbonyl (C=O) groups excluding carboxylic acids is 1. The van der Waals surface area contributed by atoms with Gasteiger partial charge in [0.05, 0.1) is 25.9 Å². The van der Waals surface area contributed by atoms with Crippen LogP contribution in [0.5, 0.6) is 11.5 Å². The average Bonchev–Trinajstić information content (AvgIpc) is 3.39. The number of thiazole rings is 1. The van der Waals surface area contributed by atoms with Crippen molar-refractivity contribution in [1.29, 1.82) is 0 Å². The van der Waals surface area contributed by atoms with Crippen LogP contribution in [-0.2, 0) is 11.3 Å². The molecule has 0 spiro atoms. The summed E-state index contributed by atoms with van der Waals surface area (Å²) in [4.78, 5) is 34.3. The predicted octanol–water partition coefficient (Wildman–Crippen LogP) is 3.24. The van der Waals surface area contributed by atoms with Gasteiger partial charge in [0.15, 0.2) is 16.6 Å². The summed E-state index contributed by atoms with van der Waals surface area (Å²) < 4.78 is 11.9. The van der Waals surface area contributed by atoms with Crippen molar-refractivity contribution in [2.75, 3.05) is 19.5 Å². The molecule has 8 nitrogen and oxygen atoms in total. The number of aromatic nitrogens is 3. The number of benzene rings is 1. The number of fused-ring (bicyclic) bond motifs is 1. The molecular formula is C19H16N4O4S2. The molecule has 0 aliphatic rings. The number of hydrogen-bond acceptors (Lipinski definition) is 8. The van der Waals surface area contributed by atoms with Gasteiger partial charge in [-0.2, -0.15) is 0 Å². The van der Waals surface area contributed by atoms with E-state index >= 15 is 0 Å². The van der Waals surface area contributed by atoms with Gasteiger partial charge in [-0.05, 0) is 17.7 Å². The Bertz CT molecular complexity index is 1230. The Morgan fingerprint density at radius 2 is 2.00 bits per heavy atom. The highest BCUT2D eigenvalue weighted by Gasteiger charge is 2.16. The summed E-state index contributed by atoms with van der Waals surface area (Å²) in [6.45, 7) is -0.150. The van der Waals surface area contributed by atoms with E-state index in [1.54, 1.807) is 31.9 Å². The largest absolute Gasteiger partial charge is 0.493 e. The third kappa shape index (κ3) is 3.71. The summed E-state index contributed by atoms with van der Waals surface area (Å²) in [5.74, 6) is 0.827. The molecule has 0 aliphatic heterocycles. The predicted molar refractivity (Wildman–Crippen MR) is 113 cm³/mol. The highest BCUT2D eigenvalue weighted by Crippen LogP contribution is 2.36. The lowest BCUT2D eigenvalue weighted by Crippen LogP contribution is -2.27. The summed E-state index contributed by atoms with van der Waals surface area (Å²) in [5, 5.41) is 7.25. The Hall–Kier alpha value is -3.24. The molecule has 0 radical (unpaired) electrons. The van der Waals surface area contributed by atoms with E-state index in [0.29, 0.717) is 26.8 Å². The number of nitrogens with one attached hydrogen (secondary N) is 1. The van der Waals surface area contributed by atoms with E-state index in [2.05, 4.69) is 15.3 Å². The van der Waals surface area contributed by atoms with Gasteiger partial charge in [-0.25, -0.2) is 9.97 Å². The maximum Gasteiger partial charge on any atom is 0.263 e. The second-order valence-corrected chi connectivity index (χ2v) is 7.72. The van der Waals surface area contributed by atoms with Crippen LogP contribution in [0.4, 0.5) is 5.13 Å². The summed E-state index contributed by atoms with van der Waals surface area (Å²) in [6.07, 6.45) is 2.99. The van der Waals surface area contributed by atoms with Crippen LogP contribution in [0.1, 0.15) is 0 Å². The molecule has 0 unspecified atom stereocenters. The molecule has 4 rings (SSSR count). The first kappa shape index (κ1) is 19.1. The number of thiophene rings is 1. The van der Waals surface area contributed by atoms with Crippen molar-refractivity contribution in [3.05, 3.63) is 51.8 Å². The fraction of sp³-hybridized carbons (Fsp3) is 0.158. The molecule has 1 amide bonds. The Morgan fingerprint density at radius 1 is 1.17 bits per heavy atom. The number of amides is 1. The highest BCUT2D eigenvalue weighted by atomic mass is 32.1. The number of nitrogens with zero attached hydrogens (tertiary/aromatic N) is 3. The minimum absolute atomic E-state index is 0.150. The van der Waals surface area contributed by atoms with E-state index in [-0.39, 0.29) is 18.0 Å². The van der Waals surface area contributed by atoms with Gasteiger partial charge in [0.2, 0.25) is 5.91 Å². The van der Waals surface area contributed by atoms with Crippen molar-refractivity contribution in [3.63, 3.8) is 0 Å². The molecule has 0 saturated heterocycles. The highest BCUT2D eigenvalue weighted by molar-refractivity contribution is 7.17. The van der Waals surface area contributed by atoms with Crippen molar-refractivity contribution < 1.29 is 14.3 Å². The quantitative estimate of drug-likeness (QED) is 0.507. The lowest BCUT2D eigenvalue weighted by atomic mass is 10.1. The maximum absolute atomic E-state index is 13.1. The number of anilines is 1. The van der Waals surface area contributed by atoms with Gasteiger partial charge in [-0.15, -0.1) is 22.7 Å². The number of carbonyl (C=O) groups is 1. The Labute approximate surface area is 173 Å². The van der Waals surface area contributed by atoms with E-state index in [4.69, 9.17) is 9.47 Å². The lowest BCUT2D eigenvalue weighted by Gasteiger charge is -2.09. The lowest BCUT2D eigenvalue weighted by molar-refractivity contribution is -0.116. The summed E-state index contributed by atoms with van der Waals surface area (Å²) >= 11 is 2.68. The SMILES string of the molecule is COc1ccc(-c2csc3ncn(CC(=O)Nc4nccs4)c(=O)c23)cc1OC. The zero-order valence-corrected chi connectivity index (χ0v) is 17.2. The van der Waals surface area contributed by atoms with Crippen molar-refractivity contribution in [2.24, 2.45) is 0 Å². The van der Waals surface area contributed by atoms with Crippen LogP contribution in [0.25, 0.3) is 21.3 Å². The molecule has 10 heteroatoms. The van der Waals surface area contributed by atoms with E-state index in [1.807, 2.05) is 17.5 Å². The Balaban J connectivity index is 1.71. The summed E-state index contributed by atoms with van der Waals surface area (Å²) in [5.41, 5.74) is 1.26. The summed E-state index contributed by atoms with van der Waals surface area (Å²) in [6, 6.07) is 5.45. The van der Waals surface area contributed by atoms with Gasteiger partial charge in [0, 0.05) is 22.5 Å². The number of hydrogen-bond donors (Lipinski definition) is 1. The van der Waals surface area contributed by atoms with Crippen LogP contribution in [0.3, 0.4) is 0 Å². The van der Waals surface area contributed by atoms with Crippen LogP contribution >= 0.6 is 22.7 Å². The average molecular weight is 428 g/mol. The molecule has 0 saturated carbocycles. The first-order chi connectivity index (χ1) is 14.1. The molecule has 0 atom stereocenters. The minimum Gasteiger partial charge on any atom is -0.493 e. The molecule has 29 heavy (non-hydrogen) atoms. The minimum atomic E-state index is -0.342. The molecule has 148 valence electrons. The third-order valence-electron chi connectivity index (χ3n) is 4.25. The van der Waals surface area contributed by atoms with Gasteiger partial charge in [0.25, 0.3) is 5.56 Å². The normalized spacial score (nSPS) is 10.8. The molecule has 3 aromatic heterocycles. The van der Waals surface area contributed by atoms with Crippen molar-refractivity contribution in [1.82, 2.24) is 14.5 Å². The van der Waals surface area contributed by atoms with E-state index in [9.17, 15) is 9.59 Å².